The van der Waals surface area contributed by atoms with Gasteiger partial charge < -0.3 is 5.32 Å². The van der Waals surface area contributed by atoms with Crippen molar-refractivity contribution in [3.8, 4) is 0 Å². The van der Waals surface area contributed by atoms with Crippen molar-refractivity contribution in [3.63, 3.8) is 0 Å². The molecule has 84 valence electrons. The lowest BCUT2D eigenvalue weighted by atomic mass is 10.3. The SMILES string of the molecule is C=CCSCCNCc1ccccn1.Cl. The van der Waals surface area contributed by atoms with Gasteiger partial charge in [-0.2, -0.15) is 11.8 Å². The highest BCUT2D eigenvalue weighted by Crippen LogP contribution is 1.97. The third-order valence-electron chi connectivity index (χ3n) is 1.69. The minimum atomic E-state index is 0. The van der Waals surface area contributed by atoms with E-state index in [0.717, 1.165) is 30.3 Å². The van der Waals surface area contributed by atoms with E-state index in [1.54, 1.807) is 0 Å². The third-order valence-corrected chi connectivity index (χ3v) is 2.66. The van der Waals surface area contributed by atoms with Gasteiger partial charge in [0.1, 0.15) is 0 Å². The maximum Gasteiger partial charge on any atom is 0.0541 e. The summed E-state index contributed by atoms with van der Waals surface area (Å²) in [5.41, 5.74) is 1.10. The normalized spacial score (nSPS) is 9.33. The van der Waals surface area contributed by atoms with Crippen molar-refractivity contribution in [1.29, 1.82) is 0 Å². The number of hydrogen-bond donors (Lipinski definition) is 1. The van der Waals surface area contributed by atoms with Crippen LogP contribution < -0.4 is 5.32 Å². The number of nitrogens with zero attached hydrogens (tertiary/aromatic N) is 1. The fourth-order valence-electron chi connectivity index (χ4n) is 1.03. The summed E-state index contributed by atoms with van der Waals surface area (Å²) in [5.74, 6) is 2.16. The van der Waals surface area contributed by atoms with E-state index in [-0.39, 0.29) is 12.4 Å². The molecule has 0 saturated carbocycles. The highest BCUT2D eigenvalue weighted by molar-refractivity contribution is 7.99. The molecule has 0 bridgehead atoms. The van der Waals surface area contributed by atoms with Gasteiger partial charge in [0, 0.05) is 30.8 Å². The van der Waals surface area contributed by atoms with Crippen molar-refractivity contribution in [1.82, 2.24) is 10.3 Å². The topological polar surface area (TPSA) is 24.9 Å². The van der Waals surface area contributed by atoms with Crippen LogP contribution in [0.15, 0.2) is 37.1 Å². The Hall–Kier alpha value is -0.510. The monoisotopic (exact) mass is 244 g/mol. The molecule has 0 aromatic carbocycles. The summed E-state index contributed by atoms with van der Waals surface area (Å²) in [6, 6.07) is 5.98. The standard InChI is InChI=1S/C11H16N2S.ClH/c1-2-8-14-9-7-12-10-11-5-3-4-6-13-11;/h2-6,12H,1,7-10H2;1H. The first-order valence-electron chi connectivity index (χ1n) is 4.72. The second-order valence-corrected chi connectivity index (χ2v) is 4.01. The highest BCUT2D eigenvalue weighted by atomic mass is 35.5. The number of rotatable bonds is 7. The summed E-state index contributed by atoms with van der Waals surface area (Å²) in [6.45, 7) is 5.55. The molecule has 0 spiro atoms. The molecular weight excluding hydrogens is 228 g/mol. The zero-order chi connectivity index (χ0) is 10.1. The molecule has 1 N–H and O–H groups in total. The van der Waals surface area contributed by atoms with Gasteiger partial charge in [-0.05, 0) is 12.1 Å². The van der Waals surface area contributed by atoms with Gasteiger partial charge in [-0.25, -0.2) is 0 Å². The maximum atomic E-state index is 4.23. The van der Waals surface area contributed by atoms with Gasteiger partial charge in [0.05, 0.1) is 5.69 Å². The Morgan fingerprint density at radius 2 is 2.33 bits per heavy atom. The van der Waals surface area contributed by atoms with Gasteiger partial charge in [0.2, 0.25) is 0 Å². The fourth-order valence-corrected chi connectivity index (χ4v) is 1.65. The van der Waals surface area contributed by atoms with Crippen LogP contribution in [-0.2, 0) is 6.54 Å². The summed E-state index contributed by atoms with van der Waals surface area (Å²) < 4.78 is 0. The quantitative estimate of drug-likeness (QED) is 0.589. The molecule has 15 heavy (non-hydrogen) atoms. The highest BCUT2D eigenvalue weighted by Gasteiger charge is 1.91. The molecule has 0 aliphatic heterocycles. The van der Waals surface area contributed by atoms with E-state index in [2.05, 4.69) is 16.9 Å². The fraction of sp³-hybridized carbons (Fsp3) is 0.364. The third kappa shape index (κ3) is 7.42. The molecule has 0 amide bonds. The van der Waals surface area contributed by atoms with E-state index in [0.29, 0.717) is 0 Å². The molecule has 1 aromatic rings. The van der Waals surface area contributed by atoms with Gasteiger partial charge in [-0.3, -0.25) is 4.98 Å². The van der Waals surface area contributed by atoms with Crippen molar-refractivity contribution in [2.24, 2.45) is 0 Å². The van der Waals surface area contributed by atoms with Crippen LogP contribution in [0.3, 0.4) is 0 Å². The van der Waals surface area contributed by atoms with Gasteiger partial charge in [-0.15, -0.1) is 19.0 Å². The Kier molecular flexibility index (Phi) is 9.68. The Bertz CT molecular complexity index is 254. The van der Waals surface area contributed by atoms with Crippen molar-refractivity contribution in [3.05, 3.63) is 42.7 Å². The van der Waals surface area contributed by atoms with E-state index >= 15 is 0 Å². The van der Waals surface area contributed by atoms with Crippen LogP contribution in [0.1, 0.15) is 5.69 Å². The summed E-state index contributed by atoms with van der Waals surface area (Å²) in [4.78, 5) is 4.23. The summed E-state index contributed by atoms with van der Waals surface area (Å²) >= 11 is 1.89. The molecule has 0 aliphatic rings. The number of hydrogen-bond acceptors (Lipinski definition) is 3. The van der Waals surface area contributed by atoms with E-state index in [9.17, 15) is 0 Å². The summed E-state index contributed by atoms with van der Waals surface area (Å²) in [7, 11) is 0. The molecule has 2 nitrogen and oxygen atoms in total. The van der Waals surface area contributed by atoms with Crippen LogP contribution in [0.2, 0.25) is 0 Å². The number of aromatic nitrogens is 1. The minimum Gasteiger partial charge on any atom is -0.310 e. The molecular formula is C11H17ClN2S. The molecule has 1 rings (SSSR count). The Morgan fingerprint density at radius 3 is 3.00 bits per heavy atom. The molecule has 0 fully saturated rings. The zero-order valence-electron chi connectivity index (χ0n) is 8.69. The van der Waals surface area contributed by atoms with Gasteiger partial charge >= 0.3 is 0 Å². The molecule has 0 unspecified atom stereocenters. The predicted octanol–water partition coefficient (Wildman–Crippen LogP) is 2.51. The first kappa shape index (κ1) is 14.5. The van der Waals surface area contributed by atoms with Crippen LogP contribution in [0.25, 0.3) is 0 Å². The van der Waals surface area contributed by atoms with Crippen molar-refractivity contribution >= 4 is 24.2 Å². The van der Waals surface area contributed by atoms with E-state index in [4.69, 9.17) is 0 Å². The van der Waals surface area contributed by atoms with Crippen molar-refractivity contribution < 1.29 is 0 Å². The number of halogens is 1. The predicted molar refractivity (Wildman–Crippen MR) is 70.7 cm³/mol. The lowest BCUT2D eigenvalue weighted by Gasteiger charge is -2.02. The first-order valence-corrected chi connectivity index (χ1v) is 5.88. The summed E-state index contributed by atoms with van der Waals surface area (Å²) in [6.07, 6.45) is 3.76. The van der Waals surface area contributed by atoms with Crippen LogP contribution in [0, 0.1) is 0 Å². The Morgan fingerprint density at radius 1 is 1.47 bits per heavy atom. The van der Waals surface area contributed by atoms with Crippen molar-refractivity contribution in [2.45, 2.75) is 6.54 Å². The lowest BCUT2D eigenvalue weighted by molar-refractivity contribution is 0.715. The van der Waals surface area contributed by atoms with Crippen LogP contribution in [0.5, 0.6) is 0 Å². The van der Waals surface area contributed by atoms with E-state index < -0.39 is 0 Å². The minimum absolute atomic E-state index is 0. The molecule has 4 heteroatoms. The number of thioether (sulfide) groups is 1. The second-order valence-electron chi connectivity index (χ2n) is 2.86. The molecule has 0 atom stereocenters. The molecule has 0 radical (unpaired) electrons. The first-order chi connectivity index (χ1) is 6.93. The zero-order valence-corrected chi connectivity index (χ0v) is 10.3. The van der Waals surface area contributed by atoms with Crippen LogP contribution in [-0.4, -0.2) is 23.0 Å². The molecule has 0 saturated heterocycles. The second kappa shape index (κ2) is 10.0. The van der Waals surface area contributed by atoms with E-state index in [1.807, 2.05) is 42.2 Å². The largest absolute Gasteiger partial charge is 0.310 e. The number of pyridine rings is 1. The van der Waals surface area contributed by atoms with Gasteiger partial charge in [-0.1, -0.05) is 12.1 Å². The van der Waals surface area contributed by atoms with Crippen LogP contribution in [0.4, 0.5) is 0 Å². The molecule has 1 aromatic heterocycles. The van der Waals surface area contributed by atoms with Crippen LogP contribution >= 0.6 is 24.2 Å². The maximum absolute atomic E-state index is 4.23. The van der Waals surface area contributed by atoms with E-state index in [1.165, 1.54) is 0 Å². The summed E-state index contributed by atoms with van der Waals surface area (Å²) in [5, 5.41) is 3.34. The van der Waals surface area contributed by atoms with Gasteiger partial charge in [0.15, 0.2) is 0 Å². The number of nitrogens with one attached hydrogen (secondary N) is 1. The molecule has 1 heterocycles. The smallest absolute Gasteiger partial charge is 0.0541 e. The molecule has 0 aliphatic carbocycles. The lowest BCUT2D eigenvalue weighted by Crippen LogP contribution is -2.17. The Balaban J connectivity index is 0.00000196. The average Bonchev–Trinajstić information content (AvgIpc) is 2.25. The average molecular weight is 245 g/mol. The van der Waals surface area contributed by atoms with Crippen molar-refractivity contribution in [2.75, 3.05) is 18.1 Å². The van der Waals surface area contributed by atoms with Gasteiger partial charge in [0.25, 0.3) is 0 Å². The Labute approximate surface area is 102 Å².